The average Bonchev–Trinajstić information content (AvgIpc) is 2.88. The summed E-state index contributed by atoms with van der Waals surface area (Å²) in [6.45, 7) is 3.68. The number of sulfonamides is 1. The van der Waals surface area contributed by atoms with Gasteiger partial charge in [0.05, 0.1) is 34.9 Å². The molecule has 0 aliphatic heterocycles. The number of anilines is 2. The SMILES string of the molecule is CCCCOC(=O)c1ccc(NC(=O)CN(c2ccc(OC)c(Cl)c2)S(=O)(=O)c2ccc(C)cc2)cc1. The molecule has 0 atom stereocenters. The number of amides is 1. The Balaban J connectivity index is 1.83. The number of hydrogen-bond acceptors (Lipinski definition) is 6. The number of unbranched alkanes of at least 4 members (excludes halogenated alkanes) is 1. The fourth-order valence-corrected chi connectivity index (χ4v) is 5.04. The number of carbonyl (C=O) groups is 2. The van der Waals surface area contributed by atoms with Crippen molar-refractivity contribution in [3.05, 3.63) is 82.9 Å². The van der Waals surface area contributed by atoms with E-state index in [1.54, 1.807) is 24.3 Å². The van der Waals surface area contributed by atoms with E-state index in [1.807, 2.05) is 13.8 Å². The first-order valence-corrected chi connectivity index (χ1v) is 13.5. The Morgan fingerprint density at radius 3 is 2.27 bits per heavy atom. The number of esters is 1. The van der Waals surface area contributed by atoms with Gasteiger partial charge >= 0.3 is 5.97 Å². The maximum absolute atomic E-state index is 13.5. The largest absolute Gasteiger partial charge is 0.495 e. The Labute approximate surface area is 222 Å². The number of rotatable bonds is 11. The van der Waals surface area contributed by atoms with Crippen molar-refractivity contribution < 1.29 is 27.5 Å². The van der Waals surface area contributed by atoms with Crippen molar-refractivity contribution in [1.82, 2.24) is 0 Å². The Hall–Kier alpha value is -3.56. The minimum atomic E-state index is -4.11. The fraction of sp³-hybridized carbons (Fsp3) is 0.259. The van der Waals surface area contributed by atoms with E-state index >= 15 is 0 Å². The second-order valence-electron chi connectivity index (χ2n) is 8.26. The Kier molecular flexibility index (Phi) is 9.54. The maximum atomic E-state index is 13.5. The second-order valence-corrected chi connectivity index (χ2v) is 10.5. The van der Waals surface area contributed by atoms with Crippen molar-refractivity contribution >= 4 is 44.9 Å². The molecule has 0 aliphatic carbocycles. The molecule has 37 heavy (non-hydrogen) atoms. The Morgan fingerprint density at radius 1 is 1.00 bits per heavy atom. The molecular weight excluding hydrogens is 516 g/mol. The molecule has 0 heterocycles. The van der Waals surface area contributed by atoms with Crippen molar-refractivity contribution in [3.8, 4) is 5.75 Å². The molecule has 3 aromatic rings. The van der Waals surface area contributed by atoms with Gasteiger partial charge in [-0.05, 0) is 67.9 Å². The van der Waals surface area contributed by atoms with Crippen LogP contribution in [0.15, 0.2) is 71.6 Å². The first kappa shape index (κ1) is 28.0. The summed E-state index contributed by atoms with van der Waals surface area (Å²) >= 11 is 6.25. The van der Waals surface area contributed by atoms with Crippen LogP contribution in [0, 0.1) is 6.92 Å². The van der Waals surface area contributed by atoms with Crippen LogP contribution in [0.25, 0.3) is 0 Å². The van der Waals surface area contributed by atoms with Crippen molar-refractivity contribution in [2.75, 3.05) is 29.9 Å². The van der Waals surface area contributed by atoms with Crippen LogP contribution in [-0.2, 0) is 19.6 Å². The summed E-state index contributed by atoms with van der Waals surface area (Å²) in [6, 6.07) is 17.0. The van der Waals surface area contributed by atoms with E-state index in [-0.39, 0.29) is 15.6 Å². The maximum Gasteiger partial charge on any atom is 0.338 e. The van der Waals surface area contributed by atoms with Crippen LogP contribution in [0.4, 0.5) is 11.4 Å². The first-order chi connectivity index (χ1) is 17.6. The molecule has 3 rings (SSSR count). The molecule has 0 radical (unpaired) electrons. The molecule has 0 fully saturated rings. The lowest BCUT2D eigenvalue weighted by Gasteiger charge is -2.24. The topological polar surface area (TPSA) is 102 Å². The summed E-state index contributed by atoms with van der Waals surface area (Å²) in [7, 11) is -2.66. The van der Waals surface area contributed by atoms with Gasteiger partial charge in [-0.3, -0.25) is 9.10 Å². The minimum absolute atomic E-state index is 0.0313. The number of ether oxygens (including phenoxy) is 2. The molecule has 8 nitrogen and oxygen atoms in total. The summed E-state index contributed by atoms with van der Waals surface area (Å²) in [6.07, 6.45) is 1.69. The molecule has 1 N–H and O–H groups in total. The van der Waals surface area contributed by atoms with Gasteiger partial charge in [-0.2, -0.15) is 0 Å². The average molecular weight is 545 g/mol. The molecule has 196 valence electrons. The molecule has 0 aliphatic rings. The number of carbonyl (C=O) groups excluding carboxylic acids is 2. The van der Waals surface area contributed by atoms with Crippen LogP contribution in [-0.4, -0.2) is 40.6 Å². The highest BCUT2D eigenvalue weighted by atomic mass is 35.5. The van der Waals surface area contributed by atoms with Crippen LogP contribution in [0.2, 0.25) is 5.02 Å². The summed E-state index contributed by atoms with van der Waals surface area (Å²) in [5.41, 5.74) is 1.85. The molecule has 0 unspecified atom stereocenters. The lowest BCUT2D eigenvalue weighted by Crippen LogP contribution is -2.38. The molecular formula is C27H29ClN2O6S. The Morgan fingerprint density at radius 2 is 1.68 bits per heavy atom. The van der Waals surface area contributed by atoms with E-state index in [0.29, 0.717) is 23.6 Å². The molecule has 10 heteroatoms. The predicted molar refractivity (Wildman–Crippen MR) is 144 cm³/mol. The van der Waals surface area contributed by atoms with Crippen LogP contribution in [0.3, 0.4) is 0 Å². The van der Waals surface area contributed by atoms with Gasteiger partial charge in [-0.15, -0.1) is 0 Å². The number of nitrogens with one attached hydrogen (secondary N) is 1. The zero-order valence-corrected chi connectivity index (χ0v) is 22.4. The molecule has 0 bridgehead atoms. The van der Waals surface area contributed by atoms with Crippen LogP contribution in [0.1, 0.15) is 35.7 Å². The zero-order valence-electron chi connectivity index (χ0n) is 20.9. The third-order valence-corrected chi connectivity index (χ3v) is 7.54. The first-order valence-electron chi connectivity index (χ1n) is 11.7. The van der Waals surface area contributed by atoms with E-state index in [9.17, 15) is 18.0 Å². The monoisotopic (exact) mass is 544 g/mol. The molecule has 0 aromatic heterocycles. The summed E-state index contributed by atoms with van der Waals surface area (Å²) in [5.74, 6) is -0.658. The lowest BCUT2D eigenvalue weighted by atomic mass is 10.2. The standard InChI is InChI=1S/C27H29ClN2O6S/c1-4-5-16-36-27(32)20-8-10-21(11-9-20)29-26(31)18-30(22-12-15-25(35-3)24(28)17-22)37(33,34)23-13-6-19(2)7-14-23/h6-15,17H,4-5,16,18H2,1-3H3,(H,29,31). The highest BCUT2D eigenvalue weighted by molar-refractivity contribution is 7.92. The minimum Gasteiger partial charge on any atom is -0.495 e. The third-order valence-electron chi connectivity index (χ3n) is 5.45. The molecule has 0 saturated heterocycles. The summed E-state index contributed by atoms with van der Waals surface area (Å²) in [4.78, 5) is 25.1. The van der Waals surface area contributed by atoms with E-state index in [1.165, 1.54) is 49.6 Å². The van der Waals surface area contributed by atoms with Gasteiger partial charge in [0, 0.05) is 5.69 Å². The third kappa shape index (κ3) is 7.24. The Bertz CT molecular complexity index is 1340. The summed E-state index contributed by atoms with van der Waals surface area (Å²) < 4.78 is 38.4. The zero-order chi connectivity index (χ0) is 27.0. The van der Waals surface area contributed by atoms with Crippen LogP contribution >= 0.6 is 11.6 Å². The van der Waals surface area contributed by atoms with Gasteiger partial charge < -0.3 is 14.8 Å². The number of benzene rings is 3. The van der Waals surface area contributed by atoms with Crippen molar-refractivity contribution in [3.63, 3.8) is 0 Å². The van der Waals surface area contributed by atoms with Crippen LogP contribution in [0.5, 0.6) is 5.75 Å². The highest BCUT2D eigenvalue weighted by Crippen LogP contribution is 2.32. The van der Waals surface area contributed by atoms with Crippen LogP contribution < -0.4 is 14.4 Å². The second kappa shape index (κ2) is 12.6. The van der Waals surface area contributed by atoms with Gasteiger partial charge in [0.2, 0.25) is 5.91 Å². The number of hydrogen-bond donors (Lipinski definition) is 1. The van der Waals surface area contributed by atoms with Gasteiger partial charge in [0.15, 0.2) is 0 Å². The highest BCUT2D eigenvalue weighted by Gasteiger charge is 2.28. The number of aryl methyl sites for hydroxylation is 1. The van der Waals surface area contributed by atoms with Crippen molar-refractivity contribution in [2.45, 2.75) is 31.6 Å². The quantitative estimate of drug-likeness (QED) is 0.254. The molecule has 3 aromatic carbocycles. The van der Waals surface area contributed by atoms with E-state index in [4.69, 9.17) is 21.1 Å². The lowest BCUT2D eigenvalue weighted by molar-refractivity contribution is -0.114. The smallest absolute Gasteiger partial charge is 0.338 e. The molecule has 0 saturated carbocycles. The molecule has 0 spiro atoms. The number of methoxy groups -OCH3 is 1. The van der Waals surface area contributed by atoms with Gasteiger partial charge in [0.1, 0.15) is 12.3 Å². The predicted octanol–water partition coefficient (Wildman–Crippen LogP) is 5.45. The van der Waals surface area contributed by atoms with Crippen molar-refractivity contribution in [2.24, 2.45) is 0 Å². The van der Waals surface area contributed by atoms with E-state index in [2.05, 4.69) is 5.32 Å². The van der Waals surface area contributed by atoms with Gasteiger partial charge in [-0.25, -0.2) is 13.2 Å². The van der Waals surface area contributed by atoms with Crippen molar-refractivity contribution in [1.29, 1.82) is 0 Å². The fourth-order valence-electron chi connectivity index (χ4n) is 3.38. The summed E-state index contributed by atoms with van der Waals surface area (Å²) in [5, 5.41) is 2.88. The number of nitrogens with zero attached hydrogens (tertiary/aromatic N) is 1. The van der Waals surface area contributed by atoms with E-state index < -0.39 is 28.4 Å². The van der Waals surface area contributed by atoms with E-state index in [0.717, 1.165) is 22.7 Å². The number of halogens is 1. The molecule has 1 amide bonds. The normalized spacial score (nSPS) is 11.0. The van der Waals surface area contributed by atoms with Gasteiger partial charge in [0.25, 0.3) is 10.0 Å². The van der Waals surface area contributed by atoms with Gasteiger partial charge in [-0.1, -0.05) is 42.6 Å².